The second-order valence-corrected chi connectivity index (χ2v) is 5.06. The number of carbonyl (C=O) groups is 1. The van der Waals surface area contributed by atoms with E-state index < -0.39 is 0 Å². The molecular formula is C14H16ClN3O3. The summed E-state index contributed by atoms with van der Waals surface area (Å²) in [7, 11) is 1.81. The maximum Gasteiger partial charge on any atom is 0.262 e. The highest BCUT2D eigenvalue weighted by atomic mass is 35.5. The fraction of sp³-hybridized carbons (Fsp3) is 0.286. The Labute approximate surface area is 127 Å². The number of benzene rings is 1. The summed E-state index contributed by atoms with van der Waals surface area (Å²) < 4.78 is 7.17. The number of halogens is 1. The summed E-state index contributed by atoms with van der Waals surface area (Å²) in [6.45, 7) is 3.50. The van der Waals surface area contributed by atoms with Crippen molar-refractivity contribution in [2.75, 3.05) is 11.9 Å². The number of amides is 1. The standard InChI is InChI=1S/C14H16ClN3O3/c1-8-14(9(2)18(3)17-8)21-7-13(20)16-11-5-4-10(15)6-12(11)19/h4-6,19H,7H2,1-3H3,(H,16,20). The summed E-state index contributed by atoms with van der Waals surface area (Å²) in [4.78, 5) is 11.8. The van der Waals surface area contributed by atoms with E-state index in [0.29, 0.717) is 10.8 Å². The van der Waals surface area contributed by atoms with Crippen LogP contribution >= 0.6 is 11.6 Å². The largest absolute Gasteiger partial charge is 0.506 e. The molecule has 0 aliphatic rings. The molecule has 1 amide bonds. The van der Waals surface area contributed by atoms with Gasteiger partial charge < -0.3 is 15.2 Å². The number of aryl methyl sites for hydroxylation is 2. The molecule has 112 valence electrons. The molecule has 0 radical (unpaired) electrons. The Morgan fingerprint density at radius 3 is 2.76 bits per heavy atom. The molecule has 2 aromatic rings. The molecule has 1 heterocycles. The van der Waals surface area contributed by atoms with Crippen LogP contribution in [0.3, 0.4) is 0 Å². The monoisotopic (exact) mass is 309 g/mol. The Hall–Kier alpha value is -2.21. The summed E-state index contributed by atoms with van der Waals surface area (Å²) >= 11 is 5.73. The summed E-state index contributed by atoms with van der Waals surface area (Å²) in [6, 6.07) is 4.46. The average molecular weight is 310 g/mol. The summed E-state index contributed by atoms with van der Waals surface area (Å²) in [5.41, 5.74) is 1.85. The topological polar surface area (TPSA) is 76.4 Å². The lowest BCUT2D eigenvalue weighted by Crippen LogP contribution is -2.20. The van der Waals surface area contributed by atoms with Crippen molar-refractivity contribution in [3.63, 3.8) is 0 Å². The number of phenols is 1. The summed E-state index contributed by atoms with van der Waals surface area (Å²) in [5.74, 6) is 0.118. The van der Waals surface area contributed by atoms with E-state index in [2.05, 4.69) is 10.4 Å². The number of carbonyl (C=O) groups excluding carboxylic acids is 1. The van der Waals surface area contributed by atoms with E-state index in [-0.39, 0.29) is 24.0 Å². The highest BCUT2D eigenvalue weighted by Crippen LogP contribution is 2.26. The van der Waals surface area contributed by atoms with Gasteiger partial charge in [-0.25, -0.2) is 0 Å². The molecule has 0 atom stereocenters. The van der Waals surface area contributed by atoms with Gasteiger partial charge in [0.25, 0.3) is 5.91 Å². The SMILES string of the molecule is Cc1nn(C)c(C)c1OCC(=O)Nc1ccc(Cl)cc1O. The molecule has 1 aromatic carbocycles. The normalized spacial score (nSPS) is 10.5. The molecule has 2 rings (SSSR count). The van der Waals surface area contributed by atoms with Crippen LogP contribution in [0.4, 0.5) is 5.69 Å². The summed E-state index contributed by atoms with van der Waals surface area (Å²) in [5, 5.41) is 16.8. The molecular weight excluding hydrogens is 294 g/mol. The molecule has 0 fully saturated rings. The number of ether oxygens (including phenoxy) is 1. The van der Waals surface area contributed by atoms with E-state index in [1.54, 1.807) is 17.8 Å². The van der Waals surface area contributed by atoms with Gasteiger partial charge in [-0.2, -0.15) is 5.10 Å². The van der Waals surface area contributed by atoms with Crippen molar-refractivity contribution in [1.82, 2.24) is 9.78 Å². The quantitative estimate of drug-likeness (QED) is 0.850. The van der Waals surface area contributed by atoms with Crippen LogP contribution in [0.25, 0.3) is 0 Å². The second-order valence-electron chi connectivity index (χ2n) is 4.62. The van der Waals surface area contributed by atoms with Crippen LogP contribution in [0.5, 0.6) is 11.5 Å². The van der Waals surface area contributed by atoms with Crippen LogP contribution in [0.1, 0.15) is 11.4 Å². The predicted molar refractivity (Wildman–Crippen MR) is 79.9 cm³/mol. The fourth-order valence-corrected chi connectivity index (χ4v) is 2.06. The van der Waals surface area contributed by atoms with Crippen LogP contribution in [-0.4, -0.2) is 27.4 Å². The van der Waals surface area contributed by atoms with Crippen molar-refractivity contribution in [3.05, 3.63) is 34.6 Å². The lowest BCUT2D eigenvalue weighted by Gasteiger charge is -2.09. The first-order valence-electron chi connectivity index (χ1n) is 6.30. The third-order valence-corrected chi connectivity index (χ3v) is 3.26. The molecule has 1 aromatic heterocycles. The third kappa shape index (κ3) is 3.46. The highest BCUT2D eigenvalue weighted by Gasteiger charge is 2.13. The molecule has 6 nitrogen and oxygen atoms in total. The minimum Gasteiger partial charge on any atom is -0.506 e. The van der Waals surface area contributed by atoms with Crippen LogP contribution in [0.2, 0.25) is 5.02 Å². The van der Waals surface area contributed by atoms with Crippen molar-refractivity contribution >= 4 is 23.2 Å². The van der Waals surface area contributed by atoms with E-state index in [4.69, 9.17) is 16.3 Å². The zero-order chi connectivity index (χ0) is 15.6. The molecule has 0 aliphatic carbocycles. The number of nitrogens with one attached hydrogen (secondary N) is 1. The first kappa shape index (κ1) is 15.2. The van der Waals surface area contributed by atoms with Gasteiger partial charge >= 0.3 is 0 Å². The van der Waals surface area contributed by atoms with Crippen molar-refractivity contribution in [3.8, 4) is 11.5 Å². The molecule has 0 aliphatic heterocycles. The smallest absolute Gasteiger partial charge is 0.262 e. The van der Waals surface area contributed by atoms with Crippen LogP contribution < -0.4 is 10.1 Å². The van der Waals surface area contributed by atoms with Crippen molar-refractivity contribution in [2.24, 2.45) is 7.05 Å². The second kappa shape index (κ2) is 6.05. The predicted octanol–water partition coefficient (Wildman–Crippen LogP) is 2.41. The van der Waals surface area contributed by atoms with Gasteiger partial charge in [0.05, 0.1) is 11.4 Å². The Morgan fingerprint density at radius 2 is 2.19 bits per heavy atom. The average Bonchev–Trinajstić information content (AvgIpc) is 2.65. The number of aromatic nitrogens is 2. The number of phenolic OH excluding ortho intramolecular Hbond substituents is 1. The number of anilines is 1. The molecule has 0 bridgehead atoms. The first-order valence-corrected chi connectivity index (χ1v) is 6.67. The van der Waals surface area contributed by atoms with Gasteiger partial charge in [-0.15, -0.1) is 0 Å². The van der Waals surface area contributed by atoms with Gasteiger partial charge in [0, 0.05) is 18.1 Å². The van der Waals surface area contributed by atoms with E-state index >= 15 is 0 Å². The molecule has 0 spiro atoms. The minimum absolute atomic E-state index is 0.0930. The number of hydrogen-bond acceptors (Lipinski definition) is 4. The number of rotatable bonds is 4. The molecule has 0 unspecified atom stereocenters. The molecule has 0 saturated carbocycles. The molecule has 2 N–H and O–H groups in total. The Bertz CT molecular complexity index is 682. The van der Waals surface area contributed by atoms with Gasteiger partial charge in [0.2, 0.25) is 0 Å². The zero-order valence-corrected chi connectivity index (χ0v) is 12.7. The van der Waals surface area contributed by atoms with Crippen LogP contribution in [0, 0.1) is 13.8 Å². The van der Waals surface area contributed by atoms with Crippen molar-refractivity contribution < 1.29 is 14.6 Å². The lowest BCUT2D eigenvalue weighted by molar-refractivity contribution is -0.118. The lowest BCUT2D eigenvalue weighted by atomic mass is 10.3. The third-order valence-electron chi connectivity index (χ3n) is 3.02. The van der Waals surface area contributed by atoms with Gasteiger partial charge in [-0.05, 0) is 26.0 Å². The maximum atomic E-state index is 11.8. The Morgan fingerprint density at radius 1 is 1.48 bits per heavy atom. The van der Waals surface area contributed by atoms with Gasteiger partial charge in [0.15, 0.2) is 12.4 Å². The fourth-order valence-electron chi connectivity index (χ4n) is 1.90. The van der Waals surface area contributed by atoms with Gasteiger partial charge in [-0.3, -0.25) is 9.48 Å². The Balaban J connectivity index is 1.99. The van der Waals surface area contributed by atoms with Gasteiger partial charge in [0.1, 0.15) is 11.4 Å². The highest BCUT2D eigenvalue weighted by molar-refractivity contribution is 6.30. The molecule has 7 heteroatoms. The van der Waals surface area contributed by atoms with E-state index in [9.17, 15) is 9.90 Å². The number of hydrogen-bond donors (Lipinski definition) is 2. The van der Waals surface area contributed by atoms with Crippen LogP contribution in [0.15, 0.2) is 18.2 Å². The molecule has 0 saturated heterocycles. The Kier molecular flexibility index (Phi) is 4.37. The number of nitrogens with zero attached hydrogens (tertiary/aromatic N) is 2. The van der Waals surface area contributed by atoms with Crippen LogP contribution in [-0.2, 0) is 11.8 Å². The van der Waals surface area contributed by atoms with E-state index in [1.165, 1.54) is 12.1 Å². The minimum atomic E-state index is -0.379. The first-order chi connectivity index (χ1) is 9.88. The summed E-state index contributed by atoms with van der Waals surface area (Å²) in [6.07, 6.45) is 0. The maximum absolute atomic E-state index is 11.8. The number of aromatic hydroxyl groups is 1. The van der Waals surface area contributed by atoms with Gasteiger partial charge in [-0.1, -0.05) is 11.6 Å². The van der Waals surface area contributed by atoms with E-state index in [1.807, 2.05) is 13.8 Å². The van der Waals surface area contributed by atoms with Crippen molar-refractivity contribution in [1.29, 1.82) is 0 Å². The molecule has 21 heavy (non-hydrogen) atoms. The van der Waals surface area contributed by atoms with Crippen molar-refractivity contribution in [2.45, 2.75) is 13.8 Å². The zero-order valence-electron chi connectivity index (χ0n) is 12.0. The van der Waals surface area contributed by atoms with E-state index in [0.717, 1.165) is 11.4 Å².